The highest BCUT2D eigenvalue weighted by atomic mass is 16.2. The van der Waals surface area contributed by atoms with Crippen LogP contribution in [0.4, 0.5) is 11.4 Å². The molecule has 0 bridgehead atoms. The average molecular weight is 382 g/mol. The van der Waals surface area contributed by atoms with E-state index in [0.717, 1.165) is 5.69 Å². The lowest BCUT2D eigenvalue weighted by molar-refractivity contribution is 0.101. The quantitative estimate of drug-likeness (QED) is 0.538. The second kappa shape index (κ2) is 8.22. The summed E-state index contributed by atoms with van der Waals surface area (Å²) < 4.78 is 1.96. The number of anilines is 2. The van der Waals surface area contributed by atoms with E-state index < -0.39 is 0 Å². The van der Waals surface area contributed by atoms with Crippen molar-refractivity contribution < 1.29 is 9.59 Å². The summed E-state index contributed by atoms with van der Waals surface area (Å²) in [5.41, 5.74) is 2.96. The molecule has 0 aliphatic carbocycles. The lowest BCUT2D eigenvalue weighted by Crippen LogP contribution is -2.17. The summed E-state index contributed by atoms with van der Waals surface area (Å²) in [5, 5.41) is 5.68. The largest absolute Gasteiger partial charge is 0.324 e. The van der Waals surface area contributed by atoms with Crippen molar-refractivity contribution in [2.75, 3.05) is 10.6 Å². The molecule has 4 rings (SSSR count). The topological polar surface area (TPSA) is 76.0 Å². The first-order chi connectivity index (χ1) is 14.2. The zero-order valence-electron chi connectivity index (χ0n) is 15.4. The maximum atomic E-state index is 12.7. The van der Waals surface area contributed by atoms with Crippen LogP contribution in [0.3, 0.4) is 0 Å². The Morgan fingerprint density at radius 2 is 1.31 bits per heavy atom. The Kier molecular flexibility index (Phi) is 5.16. The van der Waals surface area contributed by atoms with Crippen molar-refractivity contribution in [1.82, 2.24) is 9.55 Å². The van der Waals surface area contributed by atoms with E-state index in [9.17, 15) is 9.59 Å². The lowest BCUT2D eigenvalue weighted by Gasteiger charge is -2.12. The fourth-order valence-corrected chi connectivity index (χ4v) is 2.88. The molecule has 0 radical (unpaired) electrons. The first kappa shape index (κ1) is 18.2. The van der Waals surface area contributed by atoms with E-state index in [-0.39, 0.29) is 11.8 Å². The summed E-state index contributed by atoms with van der Waals surface area (Å²) in [6, 6.07) is 21.6. The van der Waals surface area contributed by atoms with E-state index >= 15 is 0 Å². The fourth-order valence-electron chi connectivity index (χ4n) is 2.88. The summed E-state index contributed by atoms with van der Waals surface area (Å²) in [6.45, 7) is 0. The van der Waals surface area contributed by atoms with Gasteiger partial charge in [0.25, 0.3) is 11.8 Å². The van der Waals surface area contributed by atoms with Gasteiger partial charge >= 0.3 is 0 Å². The Bertz CT molecular complexity index is 1120. The number of para-hydroxylation sites is 2. The van der Waals surface area contributed by atoms with Gasteiger partial charge in [0.15, 0.2) is 0 Å². The zero-order valence-corrected chi connectivity index (χ0v) is 15.4. The standard InChI is InChI=1S/C23H18N4O2/c28-22(17-9-11-19(12-10-17)27-14-3-4-15-27)25-20-7-1-2-8-21(20)26-23(29)18-6-5-13-24-16-18/h1-16H,(H,25,28)(H,26,29). The number of nitrogens with zero attached hydrogens (tertiary/aromatic N) is 2. The molecule has 0 aliphatic heterocycles. The third-order valence-corrected chi connectivity index (χ3v) is 4.38. The van der Waals surface area contributed by atoms with Gasteiger partial charge in [-0.1, -0.05) is 12.1 Å². The molecule has 6 nitrogen and oxygen atoms in total. The zero-order chi connectivity index (χ0) is 20.1. The molecular formula is C23H18N4O2. The minimum atomic E-state index is -0.295. The van der Waals surface area contributed by atoms with Gasteiger partial charge in [-0.25, -0.2) is 0 Å². The SMILES string of the molecule is O=C(Nc1ccccc1NC(=O)c1cccnc1)c1ccc(-n2cccc2)cc1. The highest BCUT2D eigenvalue weighted by molar-refractivity contribution is 6.09. The minimum Gasteiger partial charge on any atom is -0.324 e. The van der Waals surface area contributed by atoms with Crippen molar-refractivity contribution in [3.63, 3.8) is 0 Å². The molecule has 2 aromatic carbocycles. The molecule has 2 aromatic heterocycles. The first-order valence-electron chi connectivity index (χ1n) is 9.06. The molecule has 2 heterocycles. The molecular weight excluding hydrogens is 364 g/mol. The van der Waals surface area contributed by atoms with Crippen LogP contribution in [0, 0.1) is 0 Å². The Labute approximate surface area is 167 Å². The van der Waals surface area contributed by atoms with Gasteiger partial charge in [0.2, 0.25) is 0 Å². The van der Waals surface area contributed by atoms with Gasteiger partial charge in [0.05, 0.1) is 16.9 Å². The van der Waals surface area contributed by atoms with Gasteiger partial charge in [0.1, 0.15) is 0 Å². The lowest BCUT2D eigenvalue weighted by atomic mass is 10.1. The predicted molar refractivity (Wildman–Crippen MR) is 112 cm³/mol. The van der Waals surface area contributed by atoms with Crippen LogP contribution < -0.4 is 10.6 Å². The minimum absolute atomic E-state index is 0.257. The Morgan fingerprint density at radius 3 is 1.90 bits per heavy atom. The van der Waals surface area contributed by atoms with Crippen LogP contribution in [0.2, 0.25) is 0 Å². The van der Waals surface area contributed by atoms with Crippen LogP contribution in [-0.2, 0) is 0 Å². The van der Waals surface area contributed by atoms with Gasteiger partial charge in [-0.15, -0.1) is 0 Å². The molecule has 2 N–H and O–H groups in total. The molecule has 0 atom stereocenters. The van der Waals surface area contributed by atoms with E-state index in [1.807, 2.05) is 41.2 Å². The normalized spacial score (nSPS) is 10.3. The number of rotatable bonds is 5. The Morgan fingerprint density at radius 1 is 0.690 bits per heavy atom. The molecule has 0 unspecified atom stereocenters. The fraction of sp³-hybridized carbons (Fsp3) is 0. The molecule has 6 heteroatoms. The number of amides is 2. The number of carbonyl (C=O) groups excluding carboxylic acids is 2. The van der Waals surface area contributed by atoms with Crippen molar-refractivity contribution >= 4 is 23.2 Å². The van der Waals surface area contributed by atoms with Crippen molar-refractivity contribution in [3.8, 4) is 5.69 Å². The average Bonchev–Trinajstić information content (AvgIpc) is 3.31. The van der Waals surface area contributed by atoms with Crippen LogP contribution in [0.5, 0.6) is 0 Å². The number of aromatic nitrogens is 2. The van der Waals surface area contributed by atoms with Crippen molar-refractivity contribution in [2.24, 2.45) is 0 Å². The van der Waals surface area contributed by atoms with Gasteiger partial charge in [-0.3, -0.25) is 14.6 Å². The van der Waals surface area contributed by atoms with Crippen LogP contribution in [0.1, 0.15) is 20.7 Å². The number of benzene rings is 2. The first-order valence-corrected chi connectivity index (χ1v) is 9.06. The molecule has 0 saturated heterocycles. The number of nitrogens with one attached hydrogen (secondary N) is 2. The maximum absolute atomic E-state index is 12.7. The monoisotopic (exact) mass is 382 g/mol. The number of carbonyl (C=O) groups is 2. The van der Waals surface area contributed by atoms with E-state index in [2.05, 4.69) is 15.6 Å². The van der Waals surface area contributed by atoms with E-state index in [1.54, 1.807) is 54.7 Å². The molecule has 0 saturated carbocycles. The molecule has 29 heavy (non-hydrogen) atoms. The molecule has 4 aromatic rings. The summed E-state index contributed by atoms with van der Waals surface area (Å²) in [7, 11) is 0. The molecule has 0 aliphatic rings. The number of pyridine rings is 1. The van der Waals surface area contributed by atoms with Crippen LogP contribution in [0.25, 0.3) is 5.69 Å². The third kappa shape index (κ3) is 4.22. The predicted octanol–water partition coefficient (Wildman–Crippen LogP) is 4.38. The van der Waals surface area contributed by atoms with Gasteiger partial charge in [-0.2, -0.15) is 0 Å². The second-order valence-corrected chi connectivity index (χ2v) is 6.33. The summed E-state index contributed by atoms with van der Waals surface area (Å²) >= 11 is 0. The van der Waals surface area contributed by atoms with Gasteiger partial charge in [-0.05, 0) is 60.7 Å². The van der Waals surface area contributed by atoms with Crippen LogP contribution in [-0.4, -0.2) is 21.4 Å². The van der Waals surface area contributed by atoms with E-state index in [4.69, 9.17) is 0 Å². The van der Waals surface area contributed by atoms with Crippen LogP contribution >= 0.6 is 0 Å². The van der Waals surface area contributed by atoms with Crippen molar-refractivity contribution in [1.29, 1.82) is 0 Å². The number of hydrogen-bond acceptors (Lipinski definition) is 3. The Balaban J connectivity index is 1.49. The maximum Gasteiger partial charge on any atom is 0.257 e. The molecule has 2 amide bonds. The van der Waals surface area contributed by atoms with Crippen molar-refractivity contribution in [3.05, 3.63) is 109 Å². The van der Waals surface area contributed by atoms with Gasteiger partial charge in [0, 0.05) is 36.0 Å². The van der Waals surface area contributed by atoms with Crippen molar-refractivity contribution in [2.45, 2.75) is 0 Å². The van der Waals surface area contributed by atoms with E-state index in [0.29, 0.717) is 22.5 Å². The summed E-state index contributed by atoms with van der Waals surface area (Å²) in [6.07, 6.45) is 6.97. The molecule has 0 fully saturated rings. The van der Waals surface area contributed by atoms with Crippen LogP contribution in [0.15, 0.2) is 97.6 Å². The van der Waals surface area contributed by atoms with E-state index in [1.165, 1.54) is 6.20 Å². The number of hydrogen-bond donors (Lipinski definition) is 2. The molecule has 142 valence electrons. The third-order valence-electron chi connectivity index (χ3n) is 4.38. The second-order valence-electron chi connectivity index (χ2n) is 6.33. The van der Waals surface area contributed by atoms with Gasteiger partial charge < -0.3 is 15.2 Å². The summed E-state index contributed by atoms with van der Waals surface area (Å²) in [4.78, 5) is 29.0. The highest BCUT2D eigenvalue weighted by Gasteiger charge is 2.12. The molecule has 0 spiro atoms. The Hall–Kier alpha value is -4.19. The summed E-state index contributed by atoms with van der Waals surface area (Å²) in [5.74, 6) is -0.553. The highest BCUT2D eigenvalue weighted by Crippen LogP contribution is 2.23. The smallest absolute Gasteiger partial charge is 0.257 e.